The molecule has 0 amide bonds. The van der Waals surface area contributed by atoms with Crippen LogP contribution < -0.4 is 0 Å². The molecule has 0 aliphatic rings. The quantitative estimate of drug-likeness (QED) is 0.579. The molecule has 0 bridgehead atoms. The summed E-state index contributed by atoms with van der Waals surface area (Å²) in [7, 11) is 0. The molecule has 0 saturated carbocycles. The minimum atomic E-state index is 1.18. The highest BCUT2D eigenvalue weighted by Gasteiger charge is 1.87. The molecule has 1 aromatic rings. The zero-order valence-electron chi connectivity index (χ0n) is 6.17. The maximum absolute atomic E-state index is 3.69. The van der Waals surface area contributed by atoms with Gasteiger partial charge in [-0.1, -0.05) is 43.8 Å². The van der Waals surface area contributed by atoms with Crippen LogP contribution in [0.25, 0.3) is 6.08 Å². The van der Waals surface area contributed by atoms with Gasteiger partial charge in [0.05, 0.1) is 0 Å². The SMILES string of the molecule is C=Cc1cccc([CH]C)c1. The lowest BCUT2D eigenvalue weighted by Gasteiger charge is -1.96. The second-order valence-corrected chi connectivity index (χ2v) is 2.16. The summed E-state index contributed by atoms with van der Waals surface area (Å²) in [5, 5.41) is 0. The van der Waals surface area contributed by atoms with Gasteiger partial charge in [-0.15, -0.1) is 0 Å². The zero-order valence-corrected chi connectivity index (χ0v) is 6.17. The number of hydrogen-bond acceptors (Lipinski definition) is 0. The van der Waals surface area contributed by atoms with Crippen LogP contribution in [0.2, 0.25) is 0 Å². The van der Waals surface area contributed by atoms with E-state index in [4.69, 9.17) is 0 Å². The molecule has 0 fully saturated rings. The first kappa shape index (κ1) is 7.07. The Balaban J connectivity index is 2.98. The molecule has 1 aromatic carbocycles. The van der Waals surface area contributed by atoms with Crippen molar-refractivity contribution in [3.63, 3.8) is 0 Å². The molecule has 1 rings (SSSR count). The van der Waals surface area contributed by atoms with Crippen molar-refractivity contribution in [3.8, 4) is 0 Å². The molecule has 0 atom stereocenters. The number of hydrogen-bond donors (Lipinski definition) is 0. The van der Waals surface area contributed by atoms with Gasteiger partial charge in [0.25, 0.3) is 0 Å². The van der Waals surface area contributed by atoms with Crippen molar-refractivity contribution in [2.75, 3.05) is 0 Å². The predicted molar refractivity (Wildman–Crippen MR) is 45.6 cm³/mol. The highest BCUT2D eigenvalue weighted by atomic mass is 13.9. The molecule has 0 heteroatoms. The first-order valence-electron chi connectivity index (χ1n) is 3.38. The van der Waals surface area contributed by atoms with E-state index in [1.165, 1.54) is 11.1 Å². The third-order valence-electron chi connectivity index (χ3n) is 1.48. The summed E-state index contributed by atoms with van der Waals surface area (Å²) in [6, 6.07) is 8.26. The third kappa shape index (κ3) is 1.47. The summed E-state index contributed by atoms with van der Waals surface area (Å²) in [6.07, 6.45) is 3.93. The van der Waals surface area contributed by atoms with Gasteiger partial charge < -0.3 is 0 Å². The molecule has 0 aliphatic heterocycles. The lowest BCUT2D eigenvalue weighted by atomic mass is 10.1. The minimum Gasteiger partial charge on any atom is -0.0985 e. The fourth-order valence-corrected chi connectivity index (χ4v) is 0.866. The summed E-state index contributed by atoms with van der Waals surface area (Å²) in [4.78, 5) is 0. The standard InChI is InChI=1S/C10H11/c1-3-9-6-5-7-10(4-2)8-9/h3-8H,1H2,2H3. The van der Waals surface area contributed by atoms with Crippen LogP contribution in [-0.4, -0.2) is 0 Å². The summed E-state index contributed by atoms with van der Waals surface area (Å²) in [5.41, 5.74) is 2.42. The highest BCUT2D eigenvalue weighted by molar-refractivity contribution is 5.48. The molecule has 51 valence electrons. The second-order valence-electron chi connectivity index (χ2n) is 2.16. The van der Waals surface area contributed by atoms with Crippen molar-refractivity contribution in [2.24, 2.45) is 0 Å². The first-order chi connectivity index (χ1) is 4.86. The molecular weight excluding hydrogens is 120 g/mol. The number of benzene rings is 1. The molecule has 0 saturated heterocycles. The zero-order chi connectivity index (χ0) is 7.40. The third-order valence-corrected chi connectivity index (χ3v) is 1.48. The molecule has 1 radical (unpaired) electrons. The van der Waals surface area contributed by atoms with E-state index in [2.05, 4.69) is 25.1 Å². The van der Waals surface area contributed by atoms with Gasteiger partial charge in [0.2, 0.25) is 0 Å². The Labute approximate surface area is 62.2 Å². The van der Waals surface area contributed by atoms with Gasteiger partial charge in [0.15, 0.2) is 0 Å². The van der Waals surface area contributed by atoms with E-state index in [-0.39, 0.29) is 0 Å². The van der Waals surface area contributed by atoms with Gasteiger partial charge in [0, 0.05) is 0 Å². The molecule has 0 N–H and O–H groups in total. The largest absolute Gasteiger partial charge is 0.0985 e. The Morgan fingerprint density at radius 2 is 2.00 bits per heavy atom. The Kier molecular flexibility index (Phi) is 2.27. The first-order valence-corrected chi connectivity index (χ1v) is 3.38. The van der Waals surface area contributed by atoms with Crippen molar-refractivity contribution < 1.29 is 0 Å². The normalized spacial score (nSPS) is 9.30. The van der Waals surface area contributed by atoms with Crippen molar-refractivity contribution in [3.05, 3.63) is 48.4 Å². The van der Waals surface area contributed by atoms with Gasteiger partial charge >= 0.3 is 0 Å². The van der Waals surface area contributed by atoms with Crippen molar-refractivity contribution >= 4 is 6.08 Å². The molecule has 0 aromatic heterocycles. The molecule has 0 nitrogen and oxygen atoms in total. The molecule has 0 spiro atoms. The van der Waals surface area contributed by atoms with Crippen LogP contribution in [0, 0.1) is 6.42 Å². The van der Waals surface area contributed by atoms with Gasteiger partial charge in [-0.25, -0.2) is 0 Å². The molecule has 10 heavy (non-hydrogen) atoms. The molecular formula is C10H11. The van der Waals surface area contributed by atoms with Crippen molar-refractivity contribution in [2.45, 2.75) is 6.92 Å². The van der Waals surface area contributed by atoms with Crippen LogP contribution in [0.3, 0.4) is 0 Å². The lowest BCUT2D eigenvalue weighted by Crippen LogP contribution is -1.77. The van der Waals surface area contributed by atoms with E-state index < -0.39 is 0 Å². The number of rotatable bonds is 2. The van der Waals surface area contributed by atoms with Crippen LogP contribution in [0.4, 0.5) is 0 Å². The second kappa shape index (κ2) is 3.21. The Bertz CT molecular complexity index is 223. The molecule has 0 aliphatic carbocycles. The van der Waals surface area contributed by atoms with E-state index in [0.717, 1.165) is 0 Å². The Morgan fingerprint density at radius 1 is 1.30 bits per heavy atom. The van der Waals surface area contributed by atoms with E-state index in [9.17, 15) is 0 Å². The van der Waals surface area contributed by atoms with E-state index in [0.29, 0.717) is 0 Å². The maximum Gasteiger partial charge on any atom is -0.0124 e. The summed E-state index contributed by atoms with van der Waals surface area (Å²) < 4.78 is 0. The van der Waals surface area contributed by atoms with Gasteiger partial charge in [-0.2, -0.15) is 0 Å². The average Bonchev–Trinajstić information content (AvgIpc) is 2.05. The highest BCUT2D eigenvalue weighted by Crippen LogP contribution is 2.07. The smallest absolute Gasteiger partial charge is 0.0124 e. The Morgan fingerprint density at radius 3 is 2.60 bits per heavy atom. The van der Waals surface area contributed by atoms with Crippen molar-refractivity contribution in [1.29, 1.82) is 0 Å². The maximum atomic E-state index is 3.69. The van der Waals surface area contributed by atoms with Crippen LogP contribution in [0.1, 0.15) is 18.1 Å². The van der Waals surface area contributed by atoms with Gasteiger partial charge in [-0.05, 0) is 17.5 Å². The van der Waals surface area contributed by atoms with Gasteiger partial charge in [-0.3, -0.25) is 0 Å². The van der Waals surface area contributed by atoms with Crippen LogP contribution in [0.15, 0.2) is 30.8 Å². The van der Waals surface area contributed by atoms with E-state index in [1.54, 1.807) is 0 Å². The fraction of sp³-hybridized carbons (Fsp3) is 0.100. The molecule has 0 unspecified atom stereocenters. The van der Waals surface area contributed by atoms with Crippen LogP contribution in [-0.2, 0) is 0 Å². The topological polar surface area (TPSA) is 0 Å². The molecule has 0 heterocycles. The van der Waals surface area contributed by atoms with E-state index >= 15 is 0 Å². The minimum absolute atomic E-state index is 1.18. The van der Waals surface area contributed by atoms with Crippen LogP contribution >= 0.6 is 0 Å². The monoisotopic (exact) mass is 131 g/mol. The summed E-state index contributed by atoms with van der Waals surface area (Å²) in [5.74, 6) is 0. The van der Waals surface area contributed by atoms with Crippen molar-refractivity contribution in [1.82, 2.24) is 0 Å². The van der Waals surface area contributed by atoms with Gasteiger partial charge in [0.1, 0.15) is 0 Å². The predicted octanol–water partition coefficient (Wildman–Crippen LogP) is 2.90. The van der Waals surface area contributed by atoms with Crippen LogP contribution in [0.5, 0.6) is 0 Å². The summed E-state index contributed by atoms with van der Waals surface area (Å²) >= 11 is 0. The Hall–Kier alpha value is -1.04. The lowest BCUT2D eigenvalue weighted by molar-refractivity contribution is 1.42. The average molecular weight is 131 g/mol. The van der Waals surface area contributed by atoms with E-state index in [1.807, 2.05) is 25.1 Å². The summed E-state index contributed by atoms with van der Waals surface area (Å²) in [6.45, 7) is 5.72. The fourth-order valence-electron chi connectivity index (χ4n) is 0.866.